The average Bonchev–Trinajstić information content (AvgIpc) is 3.02. The highest BCUT2D eigenvalue weighted by Gasteiger charge is 2.53. The molecular formula is C16H24N2. The van der Waals surface area contributed by atoms with E-state index in [2.05, 4.69) is 48.5 Å². The topological polar surface area (TPSA) is 15.3 Å². The summed E-state index contributed by atoms with van der Waals surface area (Å²) < 4.78 is 0. The lowest BCUT2D eigenvalue weighted by atomic mass is 9.92. The summed E-state index contributed by atoms with van der Waals surface area (Å²) in [6.45, 7) is 5.83. The highest BCUT2D eigenvalue weighted by Crippen LogP contribution is 2.58. The van der Waals surface area contributed by atoms with E-state index < -0.39 is 0 Å². The quantitative estimate of drug-likeness (QED) is 0.879. The molecule has 0 radical (unpaired) electrons. The number of nitrogens with zero attached hydrogens (tertiary/aromatic N) is 1. The first kappa shape index (κ1) is 12.0. The maximum atomic E-state index is 3.48. The van der Waals surface area contributed by atoms with Gasteiger partial charge in [-0.3, -0.25) is 0 Å². The van der Waals surface area contributed by atoms with Crippen molar-refractivity contribution in [2.24, 2.45) is 11.3 Å². The summed E-state index contributed by atoms with van der Waals surface area (Å²) in [5, 5.41) is 3.48. The van der Waals surface area contributed by atoms with Crippen LogP contribution >= 0.6 is 0 Å². The standard InChI is InChI=1S/C16H24N2/c1-13-3-5-15(6-4-13)18(2)12-14-11-16(14)7-9-17-10-8-16/h3-6,14,17H,7-12H2,1-2H3. The van der Waals surface area contributed by atoms with E-state index in [1.54, 1.807) is 0 Å². The van der Waals surface area contributed by atoms with Gasteiger partial charge in [-0.05, 0) is 62.7 Å². The fourth-order valence-corrected chi connectivity index (χ4v) is 3.46. The van der Waals surface area contributed by atoms with Crippen LogP contribution in [-0.2, 0) is 0 Å². The molecule has 1 N–H and O–H groups in total. The third-order valence-electron chi connectivity index (χ3n) is 4.93. The molecule has 1 aromatic rings. The first-order valence-corrected chi connectivity index (χ1v) is 7.18. The summed E-state index contributed by atoms with van der Waals surface area (Å²) in [5.41, 5.74) is 3.40. The van der Waals surface area contributed by atoms with Gasteiger partial charge in [0.05, 0.1) is 0 Å². The number of rotatable bonds is 3. The first-order valence-electron chi connectivity index (χ1n) is 7.18. The minimum atomic E-state index is 0.699. The number of aryl methyl sites for hydroxylation is 1. The van der Waals surface area contributed by atoms with Crippen molar-refractivity contribution in [2.75, 3.05) is 31.6 Å². The van der Waals surface area contributed by atoms with Crippen molar-refractivity contribution in [1.29, 1.82) is 0 Å². The van der Waals surface area contributed by atoms with Crippen LogP contribution in [0, 0.1) is 18.3 Å². The normalized spacial score (nSPS) is 25.1. The minimum Gasteiger partial charge on any atom is -0.374 e. The molecule has 3 rings (SSSR count). The van der Waals surface area contributed by atoms with Crippen LogP contribution in [0.4, 0.5) is 5.69 Å². The molecule has 1 saturated heterocycles. The van der Waals surface area contributed by atoms with E-state index in [1.807, 2.05) is 0 Å². The van der Waals surface area contributed by atoms with E-state index in [1.165, 1.54) is 50.1 Å². The van der Waals surface area contributed by atoms with Crippen LogP contribution in [0.5, 0.6) is 0 Å². The van der Waals surface area contributed by atoms with Crippen LogP contribution < -0.4 is 10.2 Å². The molecule has 1 spiro atoms. The van der Waals surface area contributed by atoms with Gasteiger partial charge in [0.15, 0.2) is 0 Å². The van der Waals surface area contributed by atoms with Gasteiger partial charge in [0.25, 0.3) is 0 Å². The second-order valence-electron chi connectivity index (χ2n) is 6.23. The molecule has 0 amide bonds. The molecule has 2 nitrogen and oxygen atoms in total. The summed E-state index contributed by atoms with van der Waals surface area (Å²) in [7, 11) is 2.23. The Bertz CT molecular complexity index is 404. The summed E-state index contributed by atoms with van der Waals surface area (Å²) in [4.78, 5) is 2.43. The van der Waals surface area contributed by atoms with E-state index >= 15 is 0 Å². The smallest absolute Gasteiger partial charge is 0.0363 e. The zero-order valence-electron chi connectivity index (χ0n) is 11.6. The summed E-state index contributed by atoms with van der Waals surface area (Å²) in [6, 6.07) is 8.90. The van der Waals surface area contributed by atoms with Gasteiger partial charge in [-0.15, -0.1) is 0 Å². The Balaban J connectivity index is 1.59. The first-order chi connectivity index (χ1) is 8.70. The largest absolute Gasteiger partial charge is 0.374 e. The SMILES string of the molecule is Cc1ccc(N(C)CC2CC23CCNCC3)cc1. The van der Waals surface area contributed by atoms with E-state index in [9.17, 15) is 0 Å². The van der Waals surface area contributed by atoms with E-state index in [-0.39, 0.29) is 0 Å². The van der Waals surface area contributed by atoms with Crippen molar-refractivity contribution >= 4 is 5.69 Å². The van der Waals surface area contributed by atoms with Crippen LogP contribution in [0.15, 0.2) is 24.3 Å². The zero-order valence-corrected chi connectivity index (χ0v) is 11.6. The summed E-state index contributed by atoms with van der Waals surface area (Å²) >= 11 is 0. The maximum absolute atomic E-state index is 3.48. The second kappa shape index (κ2) is 4.58. The van der Waals surface area contributed by atoms with E-state index in [4.69, 9.17) is 0 Å². The van der Waals surface area contributed by atoms with E-state index in [0.717, 1.165) is 5.92 Å². The van der Waals surface area contributed by atoms with Gasteiger partial charge < -0.3 is 10.2 Å². The molecule has 2 fully saturated rings. The molecule has 0 aromatic heterocycles. The molecule has 98 valence electrons. The summed E-state index contributed by atoms with van der Waals surface area (Å²) in [6.07, 6.45) is 4.23. The Hall–Kier alpha value is -1.02. The Morgan fingerprint density at radius 1 is 1.22 bits per heavy atom. The second-order valence-corrected chi connectivity index (χ2v) is 6.23. The van der Waals surface area contributed by atoms with Crippen molar-refractivity contribution in [1.82, 2.24) is 5.32 Å². The molecular weight excluding hydrogens is 220 g/mol. The highest BCUT2D eigenvalue weighted by molar-refractivity contribution is 5.47. The Kier molecular flexibility index (Phi) is 3.06. The number of anilines is 1. The predicted molar refractivity (Wildman–Crippen MR) is 77.1 cm³/mol. The molecule has 18 heavy (non-hydrogen) atoms. The third-order valence-corrected chi connectivity index (χ3v) is 4.93. The predicted octanol–water partition coefficient (Wildman–Crippen LogP) is 2.82. The van der Waals surface area contributed by atoms with Gasteiger partial charge in [0, 0.05) is 19.3 Å². The van der Waals surface area contributed by atoms with Crippen LogP contribution in [0.2, 0.25) is 0 Å². The van der Waals surface area contributed by atoms with Gasteiger partial charge in [-0.25, -0.2) is 0 Å². The molecule has 0 bridgehead atoms. The maximum Gasteiger partial charge on any atom is 0.0363 e. The monoisotopic (exact) mass is 244 g/mol. The fourth-order valence-electron chi connectivity index (χ4n) is 3.46. The van der Waals surface area contributed by atoms with Crippen LogP contribution in [0.3, 0.4) is 0 Å². The lowest BCUT2D eigenvalue weighted by Gasteiger charge is -2.26. The van der Waals surface area contributed by atoms with Crippen molar-refractivity contribution in [2.45, 2.75) is 26.2 Å². The minimum absolute atomic E-state index is 0.699. The Labute approximate surface area is 110 Å². The number of piperidine rings is 1. The number of hydrogen-bond acceptors (Lipinski definition) is 2. The van der Waals surface area contributed by atoms with Crippen molar-refractivity contribution in [3.05, 3.63) is 29.8 Å². The Morgan fingerprint density at radius 3 is 2.56 bits per heavy atom. The van der Waals surface area contributed by atoms with Crippen LogP contribution in [0.25, 0.3) is 0 Å². The number of benzene rings is 1. The Morgan fingerprint density at radius 2 is 1.89 bits per heavy atom. The van der Waals surface area contributed by atoms with Gasteiger partial charge in [-0.2, -0.15) is 0 Å². The lowest BCUT2D eigenvalue weighted by molar-refractivity contribution is 0.324. The number of nitrogens with one attached hydrogen (secondary N) is 1. The summed E-state index contributed by atoms with van der Waals surface area (Å²) in [5.74, 6) is 0.922. The zero-order chi connectivity index (χ0) is 12.6. The van der Waals surface area contributed by atoms with Crippen molar-refractivity contribution in [3.63, 3.8) is 0 Å². The molecule has 1 saturated carbocycles. The average molecular weight is 244 g/mol. The number of hydrogen-bond donors (Lipinski definition) is 1. The van der Waals surface area contributed by atoms with Gasteiger partial charge >= 0.3 is 0 Å². The molecule has 1 aromatic carbocycles. The third kappa shape index (κ3) is 2.26. The molecule has 1 heterocycles. The fraction of sp³-hybridized carbons (Fsp3) is 0.625. The molecule has 1 unspecified atom stereocenters. The lowest BCUT2D eigenvalue weighted by Crippen LogP contribution is -2.31. The molecule has 1 aliphatic carbocycles. The molecule has 1 atom stereocenters. The highest BCUT2D eigenvalue weighted by atomic mass is 15.1. The van der Waals surface area contributed by atoms with Crippen LogP contribution in [-0.4, -0.2) is 26.7 Å². The van der Waals surface area contributed by atoms with Crippen molar-refractivity contribution < 1.29 is 0 Å². The van der Waals surface area contributed by atoms with Gasteiger partial charge in [-0.1, -0.05) is 17.7 Å². The van der Waals surface area contributed by atoms with Gasteiger partial charge in [0.2, 0.25) is 0 Å². The van der Waals surface area contributed by atoms with E-state index in [0.29, 0.717) is 5.41 Å². The van der Waals surface area contributed by atoms with Crippen molar-refractivity contribution in [3.8, 4) is 0 Å². The van der Waals surface area contributed by atoms with Crippen LogP contribution in [0.1, 0.15) is 24.8 Å². The molecule has 2 aliphatic rings. The van der Waals surface area contributed by atoms with Gasteiger partial charge in [0.1, 0.15) is 0 Å². The molecule has 2 heteroatoms. The molecule has 1 aliphatic heterocycles.